The summed E-state index contributed by atoms with van der Waals surface area (Å²) in [6, 6.07) is 11.8. The summed E-state index contributed by atoms with van der Waals surface area (Å²) in [5, 5.41) is 2.80. The molecular formula is C23H23F3N4O5. The second kappa shape index (κ2) is 9.92. The van der Waals surface area contributed by atoms with Gasteiger partial charge < -0.3 is 14.8 Å². The van der Waals surface area contributed by atoms with E-state index in [2.05, 4.69) is 25.3 Å². The molecule has 2 aromatic carbocycles. The number of benzene rings is 2. The van der Waals surface area contributed by atoms with Crippen LogP contribution in [0.1, 0.15) is 28.8 Å². The first-order valence-electron chi connectivity index (χ1n) is 10.8. The van der Waals surface area contributed by atoms with Crippen LogP contribution in [-0.4, -0.2) is 61.4 Å². The zero-order valence-corrected chi connectivity index (χ0v) is 18.7. The van der Waals surface area contributed by atoms with Crippen molar-refractivity contribution < 1.29 is 37.1 Å². The number of amidine groups is 1. The minimum Gasteiger partial charge on any atom is -0.465 e. The predicted octanol–water partition coefficient (Wildman–Crippen LogP) is 3.08. The molecule has 9 nitrogen and oxygen atoms in total. The van der Waals surface area contributed by atoms with E-state index in [9.17, 15) is 22.8 Å². The number of anilines is 1. The number of ether oxygens (including phenoxy) is 2. The van der Waals surface area contributed by atoms with Crippen molar-refractivity contribution in [2.45, 2.75) is 24.9 Å². The van der Waals surface area contributed by atoms with E-state index in [1.165, 1.54) is 31.4 Å². The highest BCUT2D eigenvalue weighted by atomic mass is 19.4. The van der Waals surface area contributed by atoms with Gasteiger partial charge in [-0.15, -0.1) is 13.2 Å². The standard InChI is InChI=1S/C23H23F3N4O5/c1-33-21(32)16-2-6-17(7-3-16)27-19(31)14-30-12-10-22(11-13-30)28-20(29-35-22)15-4-8-18(9-5-15)34-23(24,25)26/h2-9H,10-14H2,1H3,(H,27,31)(H,28,29). The van der Waals surface area contributed by atoms with Crippen LogP contribution in [0.5, 0.6) is 5.75 Å². The molecule has 0 aromatic heterocycles. The molecule has 0 saturated carbocycles. The minimum absolute atomic E-state index is 0.180. The lowest BCUT2D eigenvalue weighted by molar-refractivity contribution is -0.274. The first-order chi connectivity index (χ1) is 16.6. The monoisotopic (exact) mass is 492 g/mol. The Morgan fingerprint density at radius 2 is 1.77 bits per heavy atom. The number of rotatable bonds is 6. The average Bonchev–Trinajstić information content (AvgIpc) is 3.24. The van der Waals surface area contributed by atoms with Crippen LogP contribution < -0.4 is 15.5 Å². The summed E-state index contributed by atoms with van der Waals surface area (Å²) in [7, 11) is 1.30. The first kappa shape index (κ1) is 24.5. The number of nitrogens with zero attached hydrogens (tertiary/aromatic N) is 2. The summed E-state index contributed by atoms with van der Waals surface area (Å²) in [6.07, 6.45) is -3.70. The van der Waals surface area contributed by atoms with Gasteiger partial charge in [-0.25, -0.2) is 20.1 Å². The maximum absolute atomic E-state index is 12.4. The first-order valence-corrected chi connectivity index (χ1v) is 10.8. The molecule has 2 N–H and O–H groups in total. The molecule has 0 atom stereocenters. The SMILES string of the molecule is COC(=O)c1ccc(NC(=O)CN2CCC3(CC2)N=C(c2ccc(OC(F)(F)F)cc2)NO3)cc1. The highest BCUT2D eigenvalue weighted by Crippen LogP contribution is 2.31. The van der Waals surface area contributed by atoms with Crippen LogP contribution in [-0.2, 0) is 14.4 Å². The zero-order chi connectivity index (χ0) is 25.1. The Morgan fingerprint density at radius 1 is 1.11 bits per heavy atom. The second-order valence-corrected chi connectivity index (χ2v) is 8.08. The number of piperidine rings is 1. The van der Waals surface area contributed by atoms with Crippen LogP contribution in [0.2, 0.25) is 0 Å². The number of hydrogen-bond acceptors (Lipinski definition) is 8. The number of carbonyl (C=O) groups is 2. The van der Waals surface area contributed by atoms with Gasteiger partial charge in [0, 0.05) is 37.2 Å². The summed E-state index contributed by atoms with van der Waals surface area (Å²) in [4.78, 5) is 36.2. The third-order valence-electron chi connectivity index (χ3n) is 5.61. The van der Waals surface area contributed by atoms with E-state index in [1.807, 2.05) is 4.90 Å². The Hall–Kier alpha value is -3.64. The van der Waals surface area contributed by atoms with Crippen LogP contribution in [0.3, 0.4) is 0 Å². The fourth-order valence-corrected chi connectivity index (χ4v) is 3.82. The normalized spacial score (nSPS) is 17.4. The predicted molar refractivity (Wildman–Crippen MR) is 119 cm³/mol. The van der Waals surface area contributed by atoms with Crippen LogP contribution >= 0.6 is 0 Å². The summed E-state index contributed by atoms with van der Waals surface area (Å²) < 4.78 is 45.5. The molecule has 0 bridgehead atoms. The summed E-state index contributed by atoms with van der Waals surface area (Å²) in [5.74, 6) is -0.541. The van der Waals surface area contributed by atoms with E-state index in [0.717, 1.165) is 0 Å². The van der Waals surface area contributed by atoms with Crippen molar-refractivity contribution in [1.82, 2.24) is 10.4 Å². The lowest BCUT2D eigenvalue weighted by Crippen LogP contribution is -2.46. The Bertz CT molecular complexity index is 1100. The van der Waals surface area contributed by atoms with Crippen molar-refractivity contribution in [2.24, 2.45) is 4.99 Å². The molecular weight excluding hydrogens is 469 g/mol. The summed E-state index contributed by atoms with van der Waals surface area (Å²) in [5.41, 5.74) is 3.49. The second-order valence-electron chi connectivity index (χ2n) is 8.08. The van der Waals surface area contributed by atoms with Gasteiger partial charge in [-0.05, 0) is 48.5 Å². The molecule has 1 saturated heterocycles. The lowest BCUT2D eigenvalue weighted by Gasteiger charge is -2.35. The maximum Gasteiger partial charge on any atom is 0.573 e. The van der Waals surface area contributed by atoms with Gasteiger partial charge in [-0.3, -0.25) is 9.69 Å². The average molecular weight is 492 g/mol. The van der Waals surface area contributed by atoms with E-state index in [1.54, 1.807) is 24.3 Å². The van der Waals surface area contributed by atoms with E-state index in [-0.39, 0.29) is 18.2 Å². The summed E-state index contributed by atoms with van der Waals surface area (Å²) in [6.45, 7) is 1.30. The van der Waals surface area contributed by atoms with Crippen LogP contribution in [0.25, 0.3) is 0 Å². The Kier molecular flexibility index (Phi) is 6.94. The van der Waals surface area contributed by atoms with Crippen molar-refractivity contribution in [3.63, 3.8) is 0 Å². The van der Waals surface area contributed by atoms with Gasteiger partial charge >= 0.3 is 12.3 Å². The molecule has 0 aliphatic carbocycles. The Labute approximate surface area is 198 Å². The van der Waals surface area contributed by atoms with Gasteiger partial charge in [0.25, 0.3) is 0 Å². The number of likely N-dealkylation sites (tertiary alicyclic amines) is 1. The number of methoxy groups -OCH3 is 1. The molecule has 2 aliphatic heterocycles. The van der Waals surface area contributed by atoms with Crippen LogP contribution in [0, 0.1) is 0 Å². The molecule has 2 aromatic rings. The number of nitrogens with one attached hydrogen (secondary N) is 2. The van der Waals surface area contributed by atoms with Crippen molar-refractivity contribution in [2.75, 3.05) is 32.1 Å². The third-order valence-corrected chi connectivity index (χ3v) is 5.61. The number of carbonyl (C=O) groups excluding carboxylic acids is 2. The fourth-order valence-electron chi connectivity index (χ4n) is 3.82. The molecule has 2 aliphatic rings. The van der Waals surface area contributed by atoms with Gasteiger partial charge in [0.05, 0.1) is 19.2 Å². The van der Waals surface area contributed by atoms with E-state index < -0.39 is 18.1 Å². The molecule has 1 spiro atoms. The summed E-state index contributed by atoms with van der Waals surface area (Å²) >= 11 is 0. The quantitative estimate of drug-likeness (QED) is 0.598. The lowest BCUT2D eigenvalue weighted by atomic mass is 10.0. The third kappa shape index (κ3) is 6.28. The van der Waals surface area contributed by atoms with Crippen LogP contribution in [0.15, 0.2) is 53.5 Å². The van der Waals surface area contributed by atoms with E-state index in [0.29, 0.717) is 48.6 Å². The number of hydrogen-bond donors (Lipinski definition) is 2. The molecule has 12 heteroatoms. The number of esters is 1. The van der Waals surface area contributed by atoms with E-state index in [4.69, 9.17) is 4.84 Å². The number of hydroxylamine groups is 1. The van der Waals surface area contributed by atoms with Gasteiger partial charge in [0.2, 0.25) is 5.91 Å². The smallest absolute Gasteiger partial charge is 0.465 e. The van der Waals surface area contributed by atoms with Crippen molar-refractivity contribution in [1.29, 1.82) is 0 Å². The number of amides is 1. The Morgan fingerprint density at radius 3 is 2.37 bits per heavy atom. The van der Waals surface area contributed by atoms with Crippen molar-refractivity contribution in [3.05, 3.63) is 59.7 Å². The zero-order valence-electron chi connectivity index (χ0n) is 18.7. The van der Waals surface area contributed by atoms with Gasteiger partial charge in [-0.2, -0.15) is 0 Å². The van der Waals surface area contributed by atoms with Crippen molar-refractivity contribution in [3.8, 4) is 5.75 Å². The molecule has 0 unspecified atom stereocenters. The highest BCUT2D eigenvalue weighted by molar-refractivity contribution is 5.99. The molecule has 0 radical (unpaired) electrons. The number of halogens is 3. The molecule has 2 heterocycles. The molecule has 186 valence electrons. The van der Waals surface area contributed by atoms with Gasteiger partial charge in [0.1, 0.15) is 5.75 Å². The molecule has 4 rings (SSSR count). The van der Waals surface area contributed by atoms with Gasteiger partial charge in [-0.1, -0.05) is 0 Å². The van der Waals surface area contributed by atoms with Gasteiger partial charge in [0.15, 0.2) is 11.6 Å². The topological polar surface area (TPSA) is 101 Å². The Balaban J connectivity index is 1.28. The van der Waals surface area contributed by atoms with Crippen molar-refractivity contribution >= 4 is 23.4 Å². The number of aliphatic imine (C=N–C) groups is 1. The van der Waals surface area contributed by atoms with Crippen LogP contribution in [0.4, 0.5) is 18.9 Å². The molecule has 35 heavy (non-hydrogen) atoms. The number of alkyl halides is 3. The fraction of sp³-hybridized carbons (Fsp3) is 0.348. The molecule has 1 amide bonds. The largest absolute Gasteiger partial charge is 0.573 e. The minimum atomic E-state index is -4.75. The van der Waals surface area contributed by atoms with E-state index >= 15 is 0 Å². The molecule has 1 fully saturated rings. The maximum atomic E-state index is 12.4. The highest BCUT2D eigenvalue weighted by Gasteiger charge is 2.40.